The standard InChI is InChI=1S/C20H24N2O4/c1-4-13-20(18(24)26-6-3)14-12-17(23)22(16-10-8-7-9-11-16)19(25)21(20)15-5-2/h4-5,7-11H,1-2,6,12-15H2,3H3. The molecular weight excluding hydrogens is 332 g/mol. The Balaban J connectivity index is 2.56. The molecule has 1 unspecified atom stereocenters. The molecule has 1 saturated heterocycles. The minimum atomic E-state index is -1.28. The van der Waals surface area contributed by atoms with Crippen molar-refractivity contribution in [3.63, 3.8) is 0 Å². The van der Waals surface area contributed by atoms with E-state index in [9.17, 15) is 14.4 Å². The van der Waals surface area contributed by atoms with Crippen LogP contribution < -0.4 is 4.90 Å². The second kappa shape index (κ2) is 8.47. The molecular formula is C20H24N2O4. The number of imide groups is 1. The molecule has 0 aromatic heterocycles. The molecule has 1 aliphatic rings. The van der Waals surface area contributed by atoms with Crippen molar-refractivity contribution in [3.8, 4) is 0 Å². The van der Waals surface area contributed by atoms with Gasteiger partial charge in [-0.25, -0.2) is 14.5 Å². The molecule has 26 heavy (non-hydrogen) atoms. The highest BCUT2D eigenvalue weighted by atomic mass is 16.5. The highest BCUT2D eigenvalue weighted by Gasteiger charge is 2.51. The van der Waals surface area contributed by atoms with Gasteiger partial charge in [0, 0.05) is 13.0 Å². The summed E-state index contributed by atoms with van der Waals surface area (Å²) in [5.74, 6) is -0.886. The van der Waals surface area contributed by atoms with Crippen LogP contribution in [0.4, 0.5) is 10.5 Å². The second-order valence-electron chi connectivity index (χ2n) is 5.99. The van der Waals surface area contributed by atoms with Gasteiger partial charge >= 0.3 is 12.0 Å². The van der Waals surface area contributed by atoms with Gasteiger partial charge in [0.25, 0.3) is 0 Å². The Morgan fingerprint density at radius 1 is 1.23 bits per heavy atom. The first-order valence-electron chi connectivity index (χ1n) is 8.60. The van der Waals surface area contributed by atoms with E-state index in [1.54, 1.807) is 43.3 Å². The van der Waals surface area contributed by atoms with Crippen LogP contribution >= 0.6 is 0 Å². The smallest absolute Gasteiger partial charge is 0.332 e. The molecule has 6 nitrogen and oxygen atoms in total. The Morgan fingerprint density at radius 3 is 2.50 bits per heavy atom. The highest BCUT2D eigenvalue weighted by molar-refractivity contribution is 6.16. The quantitative estimate of drug-likeness (QED) is 0.555. The monoisotopic (exact) mass is 356 g/mol. The zero-order valence-electron chi connectivity index (χ0n) is 15.0. The van der Waals surface area contributed by atoms with Gasteiger partial charge in [-0.1, -0.05) is 30.4 Å². The van der Waals surface area contributed by atoms with E-state index in [-0.39, 0.29) is 38.3 Å². The number of anilines is 1. The van der Waals surface area contributed by atoms with E-state index >= 15 is 0 Å². The van der Waals surface area contributed by atoms with Gasteiger partial charge in [0.2, 0.25) is 5.91 Å². The summed E-state index contributed by atoms with van der Waals surface area (Å²) >= 11 is 0. The number of benzene rings is 1. The fourth-order valence-electron chi connectivity index (χ4n) is 3.20. The molecule has 6 heteroatoms. The van der Waals surface area contributed by atoms with Crippen molar-refractivity contribution in [1.29, 1.82) is 0 Å². The molecule has 0 aliphatic carbocycles. The Bertz CT molecular complexity index is 701. The van der Waals surface area contributed by atoms with Gasteiger partial charge in [0.15, 0.2) is 0 Å². The summed E-state index contributed by atoms with van der Waals surface area (Å²) in [6.07, 6.45) is 3.51. The average molecular weight is 356 g/mol. The normalized spacial score (nSPS) is 20.5. The van der Waals surface area contributed by atoms with Gasteiger partial charge in [0.1, 0.15) is 5.54 Å². The topological polar surface area (TPSA) is 66.9 Å². The third kappa shape index (κ3) is 3.54. The Hall–Kier alpha value is -2.89. The van der Waals surface area contributed by atoms with Crippen LogP contribution in [0.3, 0.4) is 0 Å². The van der Waals surface area contributed by atoms with Crippen molar-refractivity contribution in [2.75, 3.05) is 18.1 Å². The number of carbonyl (C=O) groups excluding carboxylic acids is 3. The van der Waals surface area contributed by atoms with Crippen molar-refractivity contribution in [1.82, 2.24) is 4.90 Å². The molecule has 1 aromatic rings. The Labute approximate surface area is 153 Å². The highest BCUT2D eigenvalue weighted by Crippen LogP contribution is 2.34. The fraction of sp³-hybridized carbons (Fsp3) is 0.350. The van der Waals surface area contributed by atoms with Gasteiger partial charge in [-0.15, -0.1) is 13.2 Å². The molecule has 0 saturated carbocycles. The molecule has 0 bridgehead atoms. The van der Waals surface area contributed by atoms with Gasteiger partial charge in [-0.2, -0.15) is 0 Å². The summed E-state index contributed by atoms with van der Waals surface area (Å²) in [5, 5.41) is 0. The largest absolute Gasteiger partial charge is 0.464 e. The molecule has 3 amide bonds. The molecule has 1 aliphatic heterocycles. The third-order valence-electron chi connectivity index (χ3n) is 4.40. The van der Waals surface area contributed by atoms with Crippen molar-refractivity contribution < 1.29 is 19.1 Å². The first kappa shape index (κ1) is 19.4. The van der Waals surface area contributed by atoms with E-state index in [0.29, 0.717) is 5.69 Å². The molecule has 0 radical (unpaired) electrons. The maximum Gasteiger partial charge on any atom is 0.332 e. The molecule has 138 valence electrons. The lowest BCUT2D eigenvalue weighted by atomic mass is 9.87. The van der Waals surface area contributed by atoms with Crippen LogP contribution in [0.5, 0.6) is 0 Å². The van der Waals surface area contributed by atoms with E-state index in [1.807, 2.05) is 0 Å². The van der Waals surface area contributed by atoms with E-state index in [2.05, 4.69) is 13.2 Å². The van der Waals surface area contributed by atoms with Crippen LogP contribution in [0.1, 0.15) is 26.2 Å². The second-order valence-corrected chi connectivity index (χ2v) is 5.99. The van der Waals surface area contributed by atoms with Gasteiger partial charge in [0.05, 0.1) is 12.3 Å². The average Bonchev–Trinajstić information content (AvgIpc) is 2.74. The molecule has 0 N–H and O–H groups in total. The minimum absolute atomic E-state index is 0.0426. The Morgan fingerprint density at radius 2 is 1.92 bits per heavy atom. The van der Waals surface area contributed by atoms with E-state index < -0.39 is 17.5 Å². The number of para-hydroxylation sites is 1. The minimum Gasteiger partial charge on any atom is -0.464 e. The molecule has 0 spiro atoms. The first-order valence-corrected chi connectivity index (χ1v) is 8.60. The van der Waals surface area contributed by atoms with Crippen LogP contribution in [0, 0.1) is 0 Å². The molecule has 1 atom stereocenters. The van der Waals surface area contributed by atoms with Gasteiger partial charge in [-0.3, -0.25) is 4.79 Å². The van der Waals surface area contributed by atoms with Crippen molar-refractivity contribution in [2.24, 2.45) is 0 Å². The van der Waals surface area contributed by atoms with Crippen molar-refractivity contribution in [3.05, 3.63) is 55.6 Å². The van der Waals surface area contributed by atoms with Gasteiger partial charge < -0.3 is 9.64 Å². The summed E-state index contributed by atoms with van der Waals surface area (Å²) in [5.41, 5.74) is -0.808. The number of urea groups is 1. The van der Waals surface area contributed by atoms with Crippen LogP contribution in [-0.4, -0.2) is 41.5 Å². The van der Waals surface area contributed by atoms with E-state index in [1.165, 1.54) is 11.0 Å². The van der Waals surface area contributed by atoms with Gasteiger partial charge in [-0.05, 0) is 31.9 Å². The fourth-order valence-corrected chi connectivity index (χ4v) is 3.20. The zero-order chi connectivity index (χ0) is 19.2. The number of carbonyl (C=O) groups is 3. The summed E-state index contributed by atoms with van der Waals surface area (Å²) in [6.45, 7) is 9.41. The summed E-state index contributed by atoms with van der Waals surface area (Å²) < 4.78 is 5.25. The van der Waals surface area contributed by atoms with Crippen LogP contribution in [0.15, 0.2) is 55.6 Å². The van der Waals surface area contributed by atoms with Crippen LogP contribution in [-0.2, 0) is 14.3 Å². The number of hydrogen-bond acceptors (Lipinski definition) is 4. The Kier molecular flexibility index (Phi) is 6.33. The summed E-state index contributed by atoms with van der Waals surface area (Å²) in [6, 6.07) is 8.12. The number of amides is 3. The van der Waals surface area contributed by atoms with Crippen LogP contribution in [0.25, 0.3) is 0 Å². The van der Waals surface area contributed by atoms with Crippen molar-refractivity contribution in [2.45, 2.75) is 31.7 Å². The first-order chi connectivity index (χ1) is 12.5. The predicted molar refractivity (Wildman–Crippen MR) is 99.6 cm³/mol. The van der Waals surface area contributed by atoms with Crippen molar-refractivity contribution >= 4 is 23.6 Å². The van der Waals surface area contributed by atoms with E-state index in [4.69, 9.17) is 4.74 Å². The zero-order valence-corrected chi connectivity index (χ0v) is 15.0. The SMILES string of the molecule is C=CCN1C(=O)N(c2ccccc2)C(=O)CCC1(CC=C)C(=O)OCC. The van der Waals surface area contributed by atoms with E-state index in [0.717, 1.165) is 4.90 Å². The number of esters is 1. The number of ether oxygens (including phenoxy) is 1. The lowest BCUT2D eigenvalue weighted by molar-refractivity contribution is -0.156. The summed E-state index contributed by atoms with van der Waals surface area (Å²) in [4.78, 5) is 41.3. The molecule has 1 aromatic carbocycles. The van der Waals surface area contributed by atoms with Crippen LogP contribution in [0.2, 0.25) is 0 Å². The molecule has 2 rings (SSSR count). The third-order valence-corrected chi connectivity index (χ3v) is 4.40. The lowest BCUT2D eigenvalue weighted by Gasteiger charge is -2.40. The predicted octanol–water partition coefficient (Wildman–Crippen LogP) is 3.30. The number of nitrogens with zero attached hydrogens (tertiary/aromatic N) is 2. The summed E-state index contributed by atoms with van der Waals surface area (Å²) in [7, 11) is 0. The number of hydrogen-bond donors (Lipinski definition) is 0. The maximum atomic E-state index is 13.3. The maximum absolute atomic E-state index is 13.3. The number of rotatable bonds is 7. The molecule has 1 fully saturated rings. The lowest BCUT2D eigenvalue weighted by Crippen LogP contribution is -2.59. The molecule has 1 heterocycles.